The summed E-state index contributed by atoms with van der Waals surface area (Å²) in [4.78, 5) is 28.9. The van der Waals surface area contributed by atoms with E-state index >= 15 is 0 Å². The Bertz CT molecular complexity index is 1430. The van der Waals surface area contributed by atoms with Crippen LogP contribution in [0.25, 0.3) is 0 Å². The molecule has 0 aliphatic carbocycles. The molecule has 0 aliphatic rings. The molecule has 0 saturated carbocycles. The number of sulfonamides is 1. The Morgan fingerprint density at radius 1 is 0.902 bits per heavy atom. The molecule has 3 aromatic rings. The molecule has 0 spiro atoms. The molecule has 0 fully saturated rings. The van der Waals surface area contributed by atoms with Crippen LogP contribution in [0.5, 0.6) is 0 Å². The van der Waals surface area contributed by atoms with Crippen LogP contribution in [0.4, 0.5) is 5.69 Å². The standard InChI is InChI=1S/C31H37Cl2N3O4S/c1-5-23(4)34-31(38)29(6-2)35(19-18-24-10-8-7-9-11-24)30(37)21-36(25-14-17-27(32)28(33)20-25)41(39,40)26-15-12-22(3)13-16-26/h7-17,20,23,29H,5-6,18-19,21H2,1-4H3,(H,34,38)/t23-,29+/m0/s1. The maximum Gasteiger partial charge on any atom is 0.264 e. The highest BCUT2D eigenvalue weighted by molar-refractivity contribution is 7.92. The summed E-state index contributed by atoms with van der Waals surface area (Å²) in [6, 6.07) is 19.6. The molecule has 2 amide bonds. The molecule has 3 rings (SSSR count). The van der Waals surface area contributed by atoms with Crippen molar-refractivity contribution in [3.05, 3.63) is 94.0 Å². The third-order valence-corrected chi connectivity index (χ3v) is 9.48. The van der Waals surface area contributed by atoms with E-state index in [0.717, 1.165) is 21.9 Å². The van der Waals surface area contributed by atoms with Crippen LogP contribution < -0.4 is 9.62 Å². The number of nitrogens with zero attached hydrogens (tertiary/aromatic N) is 2. The van der Waals surface area contributed by atoms with Crippen molar-refractivity contribution in [1.29, 1.82) is 0 Å². The highest BCUT2D eigenvalue weighted by Gasteiger charge is 2.34. The third-order valence-electron chi connectivity index (χ3n) is 6.95. The molecule has 7 nitrogen and oxygen atoms in total. The van der Waals surface area contributed by atoms with E-state index in [-0.39, 0.29) is 39.1 Å². The average molecular weight is 619 g/mol. The lowest BCUT2D eigenvalue weighted by molar-refractivity contribution is -0.139. The summed E-state index contributed by atoms with van der Waals surface area (Å²) < 4.78 is 28.9. The van der Waals surface area contributed by atoms with Gasteiger partial charge in [0.05, 0.1) is 20.6 Å². The van der Waals surface area contributed by atoms with Crippen molar-refractivity contribution in [2.75, 3.05) is 17.4 Å². The highest BCUT2D eigenvalue weighted by atomic mass is 35.5. The van der Waals surface area contributed by atoms with Crippen LogP contribution in [0, 0.1) is 6.92 Å². The van der Waals surface area contributed by atoms with Gasteiger partial charge in [0.2, 0.25) is 11.8 Å². The first-order valence-corrected chi connectivity index (χ1v) is 15.9. The van der Waals surface area contributed by atoms with Gasteiger partial charge in [-0.25, -0.2) is 8.42 Å². The molecular weight excluding hydrogens is 581 g/mol. The maximum atomic E-state index is 14.1. The quantitative estimate of drug-likeness (QED) is 0.245. The van der Waals surface area contributed by atoms with Gasteiger partial charge in [0.15, 0.2) is 0 Å². The Hall–Kier alpha value is -3.07. The summed E-state index contributed by atoms with van der Waals surface area (Å²) in [5.41, 5.74) is 2.08. The second-order valence-corrected chi connectivity index (χ2v) is 12.7. The number of hydrogen-bond donors (Lipinski definition) is 1. The monoisotopic (exact) mass is 617 g/mol. The van der Waals surface area contributed by atoms with Crippen LogP contribution in [0.2, 0.25) is 10.0 Å². The average Bonchev–Trinajstić information content (AvgIpc) is 2.95. The van der Waals surface area contributed by atoms with E-state index in [1.54, 1.807) is 12.1 Å². The van der Waals surface area contributed by atoms with Gasteiger partial charge in [-0.3, -0.25) is 13.9 Å². The first-order chi connectivity index (χ1) is 19.5. The highest BCUT2D eigenvalue weighted by Crippen LogP contribution is 2.31. The Labute approximate surface area is 253 Å². The van der Waals surface area contributed by atoms with Crippen molar-refractivity contribution in [2.45, 2.75) is 63.9 Å². The first kappa shape index (κ1) is 32.4. The number of halogens is 2. The predicted molar refractivity (Wildman–Crippen MR) is 166 cm³/mol. The minimum atomic E-state index is -4.19. The molecule has 0 heterocycles. The summed E-state index contributed by atoms with van der Waals surface area (Å²) in [6.07, 6.45) is 1.59. The number of hydrogen-bond acceptors (Lipinski definition) is 4. The molecular formula is C31H37Cl2N3O4S. The minimum absolute atomic E-state index is 0.0272. The van der Waals surface area contributed by atoms with Gasteiger partial charge in [-0.2, -0.15) is 0 Å². The van der Waals surface area contributed by atoms with E-state index in [0.29, 0.717) is 12.8 Å². The van der Waals surface area contributed by atoms with Crippen LogP contribution in [0.15, 0.2) is 77.7 Å². The Morgan fingerprint density at radius 2 is 1.56 bits per heavy atom. The van der Waals surface area contributed by atoms with E-state index in [1.165, 1.54) is 35.2 Å². The van der Waals surface area contributed by atoms with Gasteiger partial charge in [-0.05, 0) is 69.0 Å². The lowest BCUT2D eigenvalue weighted by Crippen LogP contribution is -2.54. The zero-order valence-electron chi connectivity index (χ0n) is 23.8. The minimum Gasteiger partial charge on any atom is -0.352 e. The van der Waals surface area contributed by atoms with Crippen LogP contribution in [0.3, 0.4) is 0 Å². The molecule has 0 bridgehead atoms. The smallest absolute Gasteiger partial charge is 0.264 e. The van der Waals surface area contributed by atoms with Crippen molar-refractivity contribution in [3.63, 3.8) is 0 Å². The van der Waals surface area contributed by atoms with Gasteiger partial charge in [-0.15, -0.1) is 0 Å². The van der Waals surface area contributed by atoms with Gasteiger partial charge in [0.1, 0.15) is 12.6 Å². The number of carbonyl (C=O) groups is 2. The molecule has 220 valence electrons. The molecule has 2 atom stereocenters. The van der Waals surface area contributed by atoms with Gasteiger partial charge >= 0.3 is 0 Å². The Morgan fingerprint density at radius 3 is 2.15 bits per heavy atom. The Balaban J connectivity index is 2.03. The molecule has 0 aliphatic heterocycles. The fourth-order valence-electron chi connectivity index (χ4n) is 4.34. The van der Waals surface area contributed by atoms with Crippen molar-refractivity contribution >= 4 is 50.7 Å². The van der Waals surface area contributed by atoms with E-state index in [1.807, 2.05) is 58.0 Å². The number of anilines is 1. The molecule has 3 aromatic carbocycles. The van der Waals surface area contributed by atoms with E-state index in [2.05, 4.69) is 5.32 Å². The zero-order valence-corrected chi connectivity index (χ0v) is 26.1. The molecule has 0 radical (unpaired) electrons. The van der Waals surface area contributed by atoms with Crippen molar-refractivity contribution in [2.24, 2.45) is 0 Å². The number of benzene rings is 3. The van der Waals surface area contributed by atoms with Crippen molar-refractivity contribution in [3.8, 4) is 0 Å². The van der Waals surface area contributed by atoms with Crippen LogP contribution in [-0.4, -0.2) is 50.3 Å². The fourth-order valence-corrected chi connectivity index (χ4v) is 6.04. The largest absolute Gasteiger partial charge is 0.352 e. The summed E-state index contributed by atoms with van der Waals surface area (Å²) >= 11 is 12.4. The number of rotatable bonds is 13. The maximum absolute atomic E-state index is 14.1. The van der Waals surface area contributed by atoms with E-state index in [4.69, 9.17) is 23.2 Å². The van der Waals surface area contributed by atoms with Crippen molar-refractivity contribution in [1.82, 2.24) is 10.2 Å². The second kappa shape index (κ2) is 14.7. The summed E-state index contributed by atoms with van der Waals surface area (Å²) in [5, 5.41) is 3.39. The summed E-state index contributed by atoms with van der Waals surface area (Å²) in [6.45, 7) is 7.27. The fraction of sp³-hybridized carbons (Fsp3) is 0.355. The number of amides is 2. The SMILES string of the molecule is CC[C@H](C(=O)N[C@@H](C)CC)N(CCc1ccccc1)C(=O)CN(c1ccc(Cl)c(Cl)c1)S(=O)(=O)c1ccc(C)cc1. The summed E-state index contributed by atoms with van der Waals surface area (Å²) in [5.74, 6) is -0.778. The molecule has 0 saturated heterocycles. The van der Waals surface area contributed by atoms with Crippen LogP contribution >= 0.6 is 23.2 Å². The zero-order chi connectivity index (χ0) is 30.2. The molecule has 0 unspecified atom stereocenters. The van der Waals surface area contributed by atoms with Crippen LogP contribution in [-0.2, 0) is 26.0 Å². The van der Waals surface area contributed by atoms with Crippen LogP contribution in [0.1, 0.15) is 44.7 Å². The Kier molecular flexibility index (Phi) is 11.6. The van der Waals surface area contributed by atoms with Crippen molar-refractivity contribution < 1.29 is 18.0 Å². The lowest BCUT2D eigenvalue weighted by Gasteiger charge is -2.33. The topological polar surface area (TPSA) is 86.8 Å². The number of nitrogens with one attached hydrogen (secondary N) is 1. The number of aryl methyl sites for hydroxylation is 1. The number of carbonyl (C=O) groups excluding carboxylic acids is 2. The summed E-state index contributed by atoms with van der Waals surface area (Å²) in [7, 11) is -4.19. The van der Waals surface area contributed by atoms with Gasteiger partial charge in [0.25, 0.3) is 10.0 Å². The molecule has 0 aromatic heterocycles. The molecule has 10 heteroatoms. The van der Waals surface area contributed by atoms with Gasteiger partial charge in [-0.1, -0.05) is 85.1 Å². The molecule has 41 heavy (non-hydrogen) atoms. The molecule has 1 N–H and O–H groups in total. The van der Waals surface area contributed by atoms with Gasteiger partial charge in [0, 0.05) is 12.6 Å². The van der Waals surface area contributed by atoms with E-state index in [9.17, 15) is 18.0 Å². The second-order valence-electron chi connectivity index (χ2n) is 9.99. The van der Waals surface area contributed by atoms with Gasteiger partial charge < -0.3 is 10.2 Å². The third kappa shape index (κ3) is 8.47. The normalized spacial score (nSPS) is 12.8. The lowest BCUT2D eigenvalue weighted by atomic mass is 10.1. The predicted octanol–water partition coefficient (Wildman–Crippen LogP) is 6.26. The first-order valence-electron chi connectivity index (χ1n) is 13.7. The van der Waals surface area contributed by atoms with E-state index < -0.39 is 28.5 Å².